The monoisotopic (exact) mass is 398 g/mol. The largest absolute Gasteiger partial charge is 0.379 e. The normalized spacial score (nSPS) is 16.5. The van der Waals surface area contributed by atoms with Crippen LogP contribution in [0.25, 0.3) is 4.96 Å². The minimum absolute atomic E-state index is 0.0133. The quantitative estimate of drug-likeness (QED) is 0.692. The molecule has 1 N–H and O–H groups in total. The summed E-state index contributed by atoms with van der Waals surface area (Å²) in [6.07, 6.45) is 0. The number of aryl methyl sites for hydroxylation is 2. The topological polar surface area (TPSA) is 58.9 Å². The second-order valence-electron chi connectivity index (χ2n) is 7.34. The number of morpholine rings is 1. The minimum Gasteiger partial charge on any atom is -0.379 e. The molecule has 7 heteroatoms. The van der Waals surface area contributed by atoms with E-state index in [4.69, 9.17) is 4.74 Å². The van der Waals surface area contributed by atoms with Crippen molar-refractivity contribution in [1.82, 2.24) is 19.6 Å². The summed E-state index contributed by atoms with van der Waals surface area (Å²) in [7, 11) is 0. The molecule has 0 amide bonds. The van der Waals surface area contributed by atoms with E-state index in [1.807, 2.05) is 12.3 Å². The molecule has 1 atom stereocenters. The maximum atomic E-state index is 12.4. The number of rotatable bonds is 6. The van der Waals surface area contributed by atoms with Gasteiger partial charge in [0.05, 0.1) is 18.9 Å². The number of hydrogen-bond acceptors (Lipinski definition) is 6. The molecule has 1 aromatic carbocycles. The minimum atomic E-state index is -0.0133. The van der Waals surface area contributed by atoms with Gasteiger partial charge in [-0.2, -0.15) is 0 Å². The van der Waals surface area contributed by atoms with Gasteiger partial charge >= 0.3 is 0 Å². The van der Waals surface area contributed by atoms with E-state index in [2.05, 4.69) is 46.4 Å². The van der Waals surface area contributed by atoms with Crippen molar-refractivity contribution in [2.24, 2.45) is 0 Å². The molecule has 0 saturated carbocycles. The van der Waals surface area contributed by atoms with Gasteiger partial charge < -0.3 is 10.1 Å². The van der Waals surface area contributed by atoms with E-state index < -0.39 is 0 Å². The molecule has 1 aliphatic heterocycles. The first-order valence-corrected chi connectivity index (χ1v) is 10.5. The van der Waals surface area contributed by atoms with Crippen LogP contribution in [0, 0.1) is 13.8 Å². The van der Waals surface area contributed by atoms with Crippen molar-refractivity contribution in [2.45, 2.75) is 26.4 Å². The van der Waals surface area contributed by atoms with E-state index in [1.165, 1.54) is 22.5 Å². The Balaban J connectivity index is 1.53. The highest BCUT2D eigenvalue weighted by atomic mass is 32.1. The third-order valence-electron chi connectivity index (χ3n) is 5.18. The molecule has 6 nitrogen and oxygen atoms in total. The summed E-state index contributed by atoms with van der Waals surface area (Å²) in [4.78, 5) is 20.3. The van der Waals surface area contributed by atoms with Crippen molar-refractivity contribution < 1.29 is 4.74 Å². The fraction of sp³-hybridized carbons (Fsp3) is 0.429. The van der Waals surface area contributed by atoms with Crippen molar-refractivity contribution in [3.63, 3.8) is 0 Å². The number of thiazole rings is 1. The first-order chi connectivity index (χ1) is 13.6. The lowest BCUT2D eigenvalue weighted by atomic mass is 10.0. The van der Waals surface area contributed by atoms with Crippen LogP contribution >= 0.6 is 11.3 Å². The van der Waals surface area contributed by atoms with E-state index in [0.717, 1.165) is 49.2 Å². The highest BCUT2D eigenvalue weighted by Gasteiger charge is 2.18. The van der Waals surface area contributed by atoms with Gasteiger partial charge in [0, 0.05) is 49.4 Å². The summed E-state index contributed by atoms with van der Waals surface area (Å²) in [5.74, 6) is 0. The highest BCUT2D eigenvalue weighted by Crippen LogP contribution is 2.18. The number of nitrogens with zero attached hydrogens (tertiary/aromatic N) is 3. The average Bonchev–Trinajstić information content (AvgIpc) is 3.08. The van der Waals surface area contributed by atoms with E-state index in [-0.39, 0.29) is 11.6 Å². The molecule has 2 aromatic heterocycles. The van der Waals surface area contributed by atoms with Gasteiger partial charge in [-0.3, -0.25) is 14.1 Å². The Kier molecular flexibility index (Phi) is 5.87. The van der Waals surface area contributed by atoms with Crippen molar-refractivity contribution in [1.29, 1.82) is 0 Å². The van der Waals surface area contributed by atoms with Crippen LogP contribution in [-0.4, -0.2) is 47.1 Å². The maximum absolute atomic E-state index is 12.4. The molecule has 28 heavy (non-hydrogen) atoms. The van der Waals surface area contributed by atoms with Crippen LogP contribution in [0.3, 0.4) is 0 Å². The molecule has 0 spiro atoms. The lowest BCUT2D eigenvalue weighted by Gasteiger charge is -2.31. The molecular formula is C21H26N4O2S. The highest BCUT2D eigenvalue weighted by molar-refractivity contribution is 7.15. The number of aromatic nitrogens is 2. The molecule has 0 bridgehead atoms. The van der Waals surface area contributed by atoms with Gasteiger partial charge in [-0.25, -0.2) is 4.98 Å². The molecule has 0 aliphatic carbocycles. The van der Waals surface area contributed by atoms with E-state index in [9.17, 15) is 4.79 Å². The molecule has 0 radical (unpaired) electrons. The first kappa shape index (κ1) is 19.3. The number of ether oxygens (including phenoxy) is 1. The van der Waals surface area contributed by atoms with Crippen LogP contribution in [0.5, 0.6) is 0 Å². The van der Waals surface area contributed by atoms with E-state index >= 15 is 0 Å². The van der Waals surface area contributed by atoms with Gasteiger partial charge in [0.2, 0.25) is 0 Å². The maximum Gasteiger partial charge on any atom is 0.259 e. The van der Waals surface area contributed by atoms with Crippen LogP contribution in [0.15, 0.2) is 40.5 Å². The molecular weight excluding hydrogens is 372 g/mol. The standard InChI is InChI=1S/C21H26N4O2S/c1-15-3-5-17(6-4-15)19(13-24-7-9-27-10-8-24)22-12-18-11-20(26)25-16(2)14-28-21(25)23-18/h3-6,11,14,19,22H,7-10,12-13H2,1-2H3/t19-/m0/s1. The third-order valence-corrected chi connectivity index (χ3v) is 6.13. The zero-order valence-corrected chi connectivity index (χ0v) is 17.2. The van der Waals surface area contributed by atoms with Gasteiger partial charge in [0.15, 0.2) is 4.96 Å². The molecule has 148 valence electrons. The van der Waals surface area contributed by atoms with Gasteiger partial charge in [-0.15, -0.1) is 11.3 Å². The summed E-state index contributed by atoms with van der Waals surface area (Å²) in [5.41, 5.74) is 4.21. The van der Waals surface area contributed by atoms with Gasteiger partial charge in [0.25, 0.3) is 5.56 Å². The Bertz CT molecular complexity index is 990. The van der Waals surface area contributed by atoms with Crippen LogP contribution in [-0.2, 0) is 11.3 Å². The van der Waals surface area contributed by atoms with Crippen molar-refractivity contribution in [3.05, 3.63) is 68.6 Å². The zero-order valence-electron chi connectivity index (χ0n) is 16.4. The molecule has 1 fully saturated rings. The summed E-state index contributed by atoms with van der Waals surface area (Å²) in [6.45, 7) is 8.97. The average molecular weight is 399 g/mol. The molecule has 4 rings (SSSR count). The number of benzene rings is 1. The SMILES string of the molecule is Cc1ccc([C@H](CN2CCOCC2)NCc2cc(=O)n3c(C)csc3n2)cc1. The molecule has 3 aromatic rings. The first-order valence-electron chi connectivity index (χ1n) is 9.67. The Morgan fingerprint density at radius 1 is 1.21 bits per heavy atom. The second-order valence-corrected chi connectivity index (χ2v) is 8.17. The zero-order chi connectivity index (χ0) is 19.5. The predicted octanol–water partition coefficient (Wildman–Crippen LogP) is 2.54. The van der Waals surface area contributed by atoms with Gasteiger partial charge in [0.1, 0.15) is 0 Å². The summed E-state index contributed by atoms with van der Waals surface area (Å²) >= 11 is 1.50. The van der Waals surface area contributed by atoms with Crippen molar-refractivity contribution in [2.75, 3.05) is 32.8 Å². The van der Waals surface area contributed by atoms with Crippen molar-refractivity contribution in [3.8, 4) is 0 Å². The van der Waals surface area contributed by atoms with Crippen LogP contribution in [0.2, 0.25) is 0 Å². The second kappa shape index (κ2) is 8.53. The Morgan fingerprint density at radius 2 is 1.96 bits per heavy atom. The number of hydrogen-bond donors (Lipinski definition) is 1. The smallest absolute Gasteiger partial charge is 0.259 e. The van der Waals surface area contributed by atoms with E-state index in [1.54, 1.807) is 10.5 Å². The Morgan fingerprint density at radius 3 is 2.71 bits per heavy atom. The van der Waals surface area contributed by atoms with Gasteiger partial charge in [-0.05, 0) is 19.4 Å². The molecule has 0 unspecified atom stereocenters. The fourth-order valence-electron chi connectivity index (χ4n) is 3.55. The van der Waals surface area contributed by atoms with Gasteiger partial charge in [-0.1, -0.05) is 29.8 Å². The number of nitrogens with one attached hydrogen (secondary N) is 1. The van der Waals surface area contributed by atoms with Crippen LogP contribution < -0.4 is 10.9 Å². The summed E-state index contributed by atoms with van der Waals surface area (Å²) in [5, 5.41) is 5.60. The van der Waals surface area contributed by atoms with Crippen molar-refractivity contribution >= 4 is 16.3 Å². The Labute approximate surface area is 168 Å². The van der Waals surface area contributed by atoms with E-state index in [0.29, 0.717) is 6.54 Å². The number of fused-ring (bicyclic) bond motifs is 1. The lowest BCUT2D eigenvalue weighted by molar-refractivity contribution is 0.0333. The summed E-state index contributed by atoms with van der Waals surface area (Å²) < 4.78 is 7.15. The predicted molar refractivity (Wildman–Crippen MR) is 112 cm³/mol. The lowest BCUT2D eigenvalue weighted by Crippen LogP contribution is -2.41. The van der Waals surface area contributed by atoms with Crippen LogP contribution in [0.1, 0.15) is 28.6 Å². The fourth-order valence-corrected chi connectivity index (χ4v) is 4.44. The summed E-state index contributed by atoms with van der Waals surface area (Å²) in [6, 6.07) is 10.5. The van der Waals surface area contributed by atoms with Crippen LogP contribution in [0.4, 0.5) is 0 Å². The molecule has 3 heterocycles. The Hall–Kier alpha value is -2.06. The third kappa shape index (κ3) is 4.33. The molecule has 1 aliphatic rings. The molecule has 1 saturated heterocycles.